The molecule has 0 N–H and O–H groups in total. The van der Waals surface area contributed by atoms with Crippen molar-refractivity contribution >= 4 is 0 Å². The maximum Gasteiger partial charge on any atom is 0.100 e. The Balaban J connectivity index is 2.05. The molecule has 0 unspecified atom stereocenters. The van der Waals surface area contributed by atoms with Crippen LogP contribution in [0.25, 0.3) is 0 Å². The van der Waals surface area contributed by atoms with Gasteiger partial charge in [0.05, 0.1) is 5.76 Å². The molecule has 0 aromatic heterocycles. The Hall–Kier alpha value is -0.500. The molecule has 2 heteroatoms. The standard InChI is InChI=1S/C11H21NO/c1-3-11(4-2)13-10-9-12-7-5-6-8-12/h3H,4-10H2,1-2H3/b11-3+. The molecular formula is C11H21NO. The van der Waals surface area contributed by atoms with Crippen molar-refractivity contribution < 1.29 is 4.74 Å². The lowest BCUT2D eigenvalue weighted by Gasteiger charge is -2.15. The second-order valence-electron chi connectivity index (χ2n) is 3.51. The van der Waals surface area contributed by atoms with Crippen LogP contribution in [0.15, 0.2) is 11.8 Å². The molecule has 1 saturated heterocycles. The molecule has 0 aromatic rings. The van der Waals surface area contributed by atoms with Gasteiger partial charge in [0.25, 0.3) is 0 Å². The van der Waals surface area contributed by atoms with Crippen molar-refractivity contribution in [3.8, 4) is 0 Å². The van der Waals surface area contributed by atoms with Gasteiger partial charge in [0.15, 0.2) is 0 Å². The van der Waals surface area contributed by atoms with E-state index in [0.29, 0.717) is 0 Å². The lowest BCUT2D eigenvalue weighted by molar-refractivity contribution is 0.166. The van der Waals surface area contributed by atoms with Crippen molar-refractivity contribution in [2.75, 3.05) is 26.2 Å². The monoisotopic (exact) mass is 183 g/mol. The number of likely N-dealkylation sites (tertiary alicyclic amines) is 1. The van der Waals surface area contributed by atoms with Gasteiger partial charge in [-0.2, -0.15) is 0 Å². The summed E-state index contributed by atoms with van der Waals surface area (Å²) in [7, 11) is 0. The third-order valence-electron chi connectivity index (χ3n) is 2.56. The minimum atomic E-state index is 0.855. The SMILES string of the molecule is C/C=C(\CC)OCCN1CCCC1. The molecule has 1 fully saturated rings. The molecular weight excluding hydrogens is 162 g/mol. The molecule has 0 aromatic carbocycles. The Morgan fingerprint density at radius 3 is 2.62 bits per heavy atom. The summed E-state index contributed by atoms with van der Waals surface area (Å²) in [6.45, 7) is 8.64. The van der Waals surface area contributed by atoms with Gasteiger partial charge < -0.3 is 4.74 Å². The van der Waals surface area contributed by atoms with Crippen molar-refractivity contribution in [1.29, 1.82) is 0 Å². The van der Waals surface area contributed by atoms with Crippen LogP contribution in [-0.4, -0.2) is 31.1 Å². The Labute approximate surface area is 81.6 Å². The van der Waals surface area contributed by atoms with Crippen LogP contribution < -0.4 is 0 Å². The lowest BCUT2D eigenvalue weighted by Crippen LogP contribution is -2.23. The molecule has 0 saturated carbocycles. The summed E-state index contributed by atoms with van der Waals surface area (Å²) in [6, 6.07) is 0. The summed E-state index contributed by atoms with van der Waals surface area (Å²) in [5, 5.41) is 0. The van der Waals surface area contributed by atoms with Crippen molar-refractivity contribution in [3.05, 3.63) is 11.8 Å². The maximum absolute atomic E-state index is 5.62. The van der Waals surface area contributed by atoms with Gasteiger partial charge in [0.1, 0.15) is 6.61 Å². The Kier molecular flexibility index (Phi) is 4.91. The first kappa shape index (κ1) is 10.6. The molecule has 0 amide bonds. The highest BCUT2D eigenvalue weighted by Crippen LogP contribution is 2.07. The molecule has 0 atom stereocenters. The number of nitrogens with zero attached hydrogens (tertiary/aromatic N) is 1. The van der Waals surface area contributed by atoms with Gasteiger partial charge >= 0.3 is 0 Å². The van der Waals surface area contributed by atoms with Gasteiger partial charge in [-0.25, -0.2) is 0 Å². The average molecular weight is 183 g/mol. The van der Waals surface area contributed by atoms with E-state index in [9.17, 15) is 0 Å². The smallest absolute Gasteiger partial charge is 0.100 e. The molecule has 76 valence electrons. The number of ether oxygens (including phenoxy) is 1. The number of hydrogen-bond acceptors (Lipinski definition) is 2. The molecule has 2 nitrogen and oxygen atoms in total. The van der Waals surface area contributed by atoms with E-state index >= 15 is 0 Å². The predicted octanol–water partition coefficient (Wildman–Crippen LogP) is 2.41. The lowest BCUT2D eigenvalue weighted by atomic mass is 10.4. The second kappa shape index (κ2) is 6.03. The predicted molar refractivity (Wildman–Crippen MR) is 55.7 cm³/mol. The van der Waals surface area contributed by atoms with E-state index in [4.69, 9.17) is 4.74 Å². The van der Waals surface area contributed by atoms with E-state index in [1.165, 1.54) is 25.9 Å². The minimum Gasteiger partial charge on any atom is -0.497 e. The number of hydrogen-bond donors (Lipinski definition) is 0. The van der Waals surface area contributed by atoms with E-state index in [1.54, 1.807) is 0 Å². The fourth-order valence-electron chi connectivity index (χ4n) is 1.70. The molecule has 0 aliphatic carbocycles. The average Bonchev–Trinajstić information content (AvgIpc) is 2.65. The summed E-state index contributed by atoms with van der Waals surface area (Å²) in [5.41, 5.74) is 0. The van der Waals surface area contributed by atoms with Crippen molar-refractivity contribution in [2.45, 2.75) is 33.1 Å². The Morgan fingerprint density at radius 1 is 1.38 bits per heavy atom. The van der Waals surface area contributed by atoms with E-state index in [0.717, 1.165) is 25.3 Å². The molecule has 1 heterocycles. The van der Waals surface area contributed by atoms with Gasteiger partial charge in [-0.1, -0.05) is 6.92 Å². The number of rotatable bonds is 5. The van der Waals surface area contributed by atoms with Crippen molar-refractivity contribution in [2.24, 2.45) is 0 Å². The van der Waals surface area contributed by atoms with Gasteiger partial charge in [-0.05, 0) is 38.9 Å². The minimum absolute atomic E-state index is 0.855. The van der Waals surface area contributed by atoms with Crippen LogP contribution in [-0.2, 0) is 4.74 Å². The highest BCUT2D eigenvalue weighted by Gasteiger charge is 2.10. The number of allylic oxidation sites excluding steroid dienone is 2. The van der Waals surface area contributed by atoms with Crippen molar-refractivity contribution in [3.63, 3.8) is 0 Å². The second-order valence-corrected chi connectivity index (χ2v) is 3.51. The normalized spacial score (nSPS) is 19.4. The zero-order valence-electron chi connectivity index (χ0n) is 8.88. The molecule has 13 heavy (non-hydrogen) atoms. The topological polar surface area (TPSA) is 12.5 Å². The van der Waals surface area contributed by atoms with E-state index in [1.807, 2.05) is 6.92 Å². The van der Waals surface area contributed by atoms with E-state index < -0.39 is 0 Å². The third kappa shape index (κ3) is 3.81. The first-order chi connectivity index (χ1) is 6.36. The summed E-state index contributed by atoms with van der Waals surface area (Å²) in [5.74, 6) is 1.12. The zero-order valence-corrected chi connectivity index (χ0v) is 8.88. The summed E-state index contributed by atoms with van der Waals surface area (Å²) < 4.78 is 5.62. The molecule has 1 aliphatic rings. The highest BCUT2D eigenvalue weighted by molar-refractivity contribution is 4.88. The van der Waals surface area contributed by atoms with E-state index in [-0.39, 0.29) is 0 Å². The van der Waals surface area contributed by atoms with Crippen molar-refractivity contribution in [1.82, 2.24) is 4.90 Å². The zero-order chi connectivity index (χ0) is 9.52. The van der Waals surface area contributed by atoms with Gasteiger partial charge in [0, 0.05) is 13.0 Å². The fourth-order valence-corrected chi connectivity index (χ4v) is 1.70. The molecule has 0 bridgehead atoms. The van der Waals surface area contributed by atoms with Gasteiger partial charge in [0.2, 0.25) is 0 Å². The summed E-state index contributed by atoms with van der Waals surface area (Å²) in [4.78, 5) is 2.48. The quantitative estimate of drug-likeness (QED) is 0.607. The first-order valence-corrected chi connectivity index (χ1v) is 5.37. The maximum atomic E-state index is 5.62. The van der Waals surface area contributed by atoms with Crippen LogP contribution in [0.1, 0.15) is 33.1 Å². The van der Waals surface area contributed by atoms with Crippen LogP contribution in [0.2, 0.25) is 0 Å². The van der Waals surface area contributed by atoms with E-state index in [2.05, 4.69) is 17.9 Å². The summed E-state index contributed by atoms with van der Waals surface area (Å²) >= 11 is 0. The summed E-state index contributed by atoms with van der Waals surface area (Å²) in [6.07, 6.45) is 5.80. The van der Waals surface area contributed by atoms with Gasteiger partial charge in [-0.3, -0.25) is 4.90 Å². The third-order valence-corrected chi connectivity index (χ3v) is 2.56. The van der Waals surface area contributed by atoms with Crippen LogP contribution in [0, 0.1) is 0 Å². The fraction of sp³-hybridized carbons (Fsp3) is 0.818. The Bertz CT molecular complexity index is 159. The van der Waals surface area contributed by atoms with Gasteiger partial charge in [-0.15, -0.1) is 0 Å². The molecule has 0 spiro atoms. The van der Waals surface area contributed by atoms with Crippen LogP contribution in [0.5, 0.6) is 0 Å². The largest absolute Gasteiger partial charge is 0.497 e. The highest BCUT2D eigenvalue weighted by atomic mass is 16.5. The first-order valence-electron chi connectivity index (χ1n) is 5.37. The van der Waals surface area contributed by atoms with Crippen LogP contribution in [0.3, 0.4) is 0 Å². The van der Waals surface area contributed by atoms with Crippen LogP contribution in [0.4, 0.5) is 0 Å². The molecule has 1 aliphatic heterocycles. The Morgan fingerprint density at radius 2 is 2.08 bits per heavy atom. The van der Waals surface area contributed by atoms with Crippen LogP contribution >= 0.6 is 0 Å². The molecule has 1 rings (SSSR count). The molecule has 0 radical (unpaired) electrons.